The highest BCUT2D eigenvalue weighted by Gasteiger charge is 2.10. The fourth-order valence-electron chi connectivity index (χ4n) is 3.27. The fraction of sp³-hybridized carbons (Fsp3) is 0.0385. The highest BCUT2D eigenvalue weighted by Crippen LogP contribution is 2.33. The van der Waals surface area contributed by atoms with Crippen molar-refractivity contribution in [1.29, 1.82) is 5.26 Å². The number of nitrogens with zero attached hydrogens (tertiary/aromatic N) is 1. The minimum Gasteiger partial charge on any atom is -0.488 e. The van der Waals surface area contributed by atoms with Gasteiger partial charge in [-0.25, -0.2) is 0 Å². The third-order valence-corrected chi connectivity index (χ3v) is 5.27. The zero-order chi connectivity index (χ0) is 20.9. The molecule has 0 saturated carbocycles. The maximum absolute atomic E-state index is 9.81. The quantitative estimate of drug-likeness (QED) is 0.239. The summed E-state index contributed by atoms with van der Waals surface area (Å²) in [5.41, 5.74) is 3.16. The van der Waals surface area contributed by atoms with Crippen molar-refractivity contribution in [2.75, 3.05) is 0 Å². The second-order valence-corrected chi connectivity index (χ2v) is 7.67. The van der Waals surface area contributed by atoms with E-state index in [-0.39, 0.29) is 0 Å². The molecule has 0 aromatic heterocycles. The smallest absolute Gasteiger partial charge is 0.127 e. The molecule has 4 aromatic rings. The highest BCUT2D eigenvalue weighted by atomic mass is 35.5. The number of halogens is 2. The first-order valence-corrected chi connectivity index (χ1v) is 10.2. The van der Waals surface area contributed by atoms with Crippen LogP contribution in [0.15, 0.2) is 84.9 Å². The Balaban J connectivity index is 1.78. The first-order chi connectivity index (χ1) is 14.6. The SMILES string of the molecule is N#C/C(=C/c1c(OCc2ccc(Cl)cc2)ccc2ccccc12)c1cccc(Cl)c1. The molecule has 0 aliphatic rings. The molecule has 0 N–H and O–H groups in total. The van der Waals surface area contributed by atoms with Crippen molar-refractivity contribution in [1.82, 2.24) is 0 Å². The lowest BCUT2D eigenvalue weighted by Crippen LogP contribution is -1.98. The summed E-state index contributed by atoms with van der Waals surface area (Å²) in [5.74, 6) is 0.707. The number of allylic oxidation sites excluding steroid dienone is 1. The maximum atomic E-state index is 9.81. The molecule has 4 rings (SSSR count). The van der Waals surface area contributed by atoms with Gasteiger partial charge in [-0.1, -0.05) is 77.8 Å². The predicted octanol–water partition coefficient (Wildman–Crippen LogP) is 7.79. The van der Waals surface area contributed by atoms with Gasteiger partial charge in [-0.3, -0.25) is 0 Å². The van der Waals surface area contributed by atoms with Gasteiger partial charge in [-0.05, 0) is 58.3 Å². The molecule has 4 heteroatoms. The van der Waals surface area contributed by atoms with Crippen LogP contribution >= 0.6 is 23.2 Å². The van der Waals surface area contributed by atoms with Crippen LogP contribution in [0.25, 0.3) is 22.4 Å². The van der Waals surface area contributed by atoms with Crippen molar-refractivity contribution >= 4 is 45.6 Å². The van der Waals surface area contributed by atoms with E-state index in [0.717, 1.165) is 27.5 Å². The summed E-state index contributed by atoms with van der Waals surface area (Å²) in [7, 11) is 0. The minimum atomic E-state index is 0.398. The average molecular weight is 430 g/mol. The van der Waals surface area contributed by atoms with Gasteiger partial charge < -0.3 is 4.74 Å². The molecule has 0 fully saturated rings. The van der Waals surface area contributed by atoms with Gasteiger partial charge in [0.05, 0.1) is 11.6 Å². The molecule has 0 heterocycles. The van der Waals surface area contributed by atoms with Crippen LogP contribution in [-0.2, 0) is 6.61 Å². The van der Waals surface area contributed by atoms with E-state index in [4.69, 9.17) is 27.9 Å². The first-order valence-electron chi connectivity index (χ1n) is 9.41. The normalized spacial score (nSPS) is 11.3. The van der Waals surface area contributed by atoms with Crippen LogP contribution in [0.2, 0.25) is 10.0 Å². The van der Waals surface area contributed by atoms with E-state index in [1.165, 1.54) is 0 Å². The Morgan fingerprint density at radius 2 is 1.67 bits per heavy atom. The van der Waals surface area contributed by atoms with Crippen molar-refractivity contribution < 1.29 is 4.74 Å². The summed E-state index contributed by atoms with van der Waals surface area (Å²) in [6.45, 7) is 0.398. The molecule has 30 heavy (non-hydrogen) atoms. The molecule has 146 valence electrons. The van der Waals surface area contributed by atoms with Gasteiger partial charge >= 0.3 is 0 Å². The number of hydrogen-bond donors (Lipinski definition) is 0. The van der Waals surface area contributed by atoms with E-state index < -0.39 is 0 Å². The van der Waals surface area contributed by atoms with E-state index in [1.807, 2.05) is 78.9 Å². The molecule has 0 unspecified atom stereocenters. The number of nitriles is 1. The van der Waals surface area contributed by atoms with Crippen LogP contribution < -0.4 is 4.74 Å². The average Bonchev–Trinajstić information content (AvgIpc) is 2.77. The molecule has 0 atom stereocenters. The summed E-state index contributed by atoms with van der Waals surface area (Å²) >= 11 is 12.1. The van der Waals surface area contributed by atoms with Gasteiger partial charge in [-0.2, -0.15) is 5.26 Å². The lowest BCUT2D eigenvalue weighted by atomic mass is 9.98. The Kier molecular flexibility index (Phi) is 6.05. The third-order valence-electron chi connectivity index (χ3n) is 4.78. The molecule has 0 spiro atoms. The van der Waals surface area contributed by atoms with E-state index in [9.17, 15) is 5.26 Å². The molecule has 0 aliphatic carbocycles. The van der Waals surface area contributed by atoms with Gasteiger partial charge in [0.2, 0.25) is 0 Å². The molecule has 0 saturated heterocycles. The fourth-order valence-corrected chi connectivity index (χ4v) is 3.59. The number of hydrogen-bond acceptors (Lipinski definition) is 2. The lowest BCUT2D eigenvalue weighted by molar-refractivity contribution is 0.306. The van der Waals surface area contributed by atoms with Gasteiger partial charge in [0.1, 0.15) is 12.4 Å². The maximum Gasteiger partial charge on any atom is 0.127 e. The number of rotatable bonds is 5. The molecule has 0 amide bonds. The van der Waals surface area contributed by atoms with Crippen LogP contribution in [0.3, 0.4) is 0 Å². The Bertz CT molecular complexity index is 1270. The summed E-state index contributed by atoms with van der Waals surface area (Å²) in [6.07, 6.45) is 1.87. The number of benzene rings is 4. The second-order valence-electron chi connectivity index (χ2n) is 6.79. The molecule has 4 aromatic carbocycles. The predicted molar refractivity (Wildman–Crippen MR) is 125 cm³/mol. The van der Waals surface area contributed by atoms with Crippen molar-refractivity contribution in [3.8, 4) is 11.8 Å². The summed E-state index contributed by atoms with van der Waals surface area (Å²) in [5, 5.41) is 13.2. The van der Waals surface area contributed by atoms with E-state index in [0.29, 0.717) is 28.0 Å². The Morgan fingerprint density at radius 1 is 0.867 bits per heavy atom. The van der Waals surface area contributed by atoms with Gasteiger partial charge in [0.25, 0.3) is 0 Å². The monoisotopic (exact) mass is 429 g/mol. The Morgan fingerprint density at radius 3 is 2.43 bits per heavy atom. The van der Waals surface area contributed by atoms with E-state index in [2.05, 4.69) is 6.07 Å². The summed E-state index contributed by atoms with van der Waals surface area (Å²) in [4.78, 5) is 0. The molecule has 0 aliphatic heterocycles. The van der Waals surface area contributed by atoms with Crippen LogP contribution in [0, 0.1) is 11.3 Å². The number of ether oxygens (including phenoxy) is 1. The molecule has 2 nitrogen and oxygen atoms in total. The third kappa shape index (κ3) is 4.49. The number of fused-ring (bicyclic) bond motifs is 1. The van der Waals surface area contributed by atoms with Crippen LogP contribution in [-0.4, -0.2) is 0 Å². The van der Waals surface area contributed by atoms with Crippen molar-refractivity contribution in [2.24, 2.45) is 0 Å². The van der Waals surface area contributed by atoms with E-state index in [1.54, 1.807) is 12.1 Å². The summed E-state index contributed by atoms with van der Waals surface area (Å²) < 4.78 is 6.15. The minimum absolute atomic E-state index is 0.398. The zero-order valence-corrected chi connectivity index (χ0v) is 17.5. The first kappa shape index (κ1) is 20.0. The molecule has 0 bridgehead atoms. The Labute approximate surface area is 185 Å². The van der Waals surface area contributed by atoms with Crippen molar-refractivity contribution in [3.05, 3.63) is 112 Å². The molecular formula is C26H17Cl2NO. The topological polar surface area (TPSA) is 33.0 Å². The van der Waals surface area contributed by atoms with Crippen LogP contribution in [0.4, 0.5) is 0 Å². The second kappa shape index (κ2) is 9.05. The zero-order valence-electron chi connectivity index (χ0n) is 16.0. The standard InChI is InChI=1S/C26H17Cl2NO/c27-22-11-8-18(9-12-22)17-30-26-13-10-19-4-1-2-7-24(19)25(26)15-21(16-29)20-5-3-6-23(28)14-20/h1-15H,17H2/b21-15-. The van der Waals surface area contributed by atoms with Crippen molar-refractivity contribution in [3.63, 3.8) is 0 Å². The molecular weight excluding hydrogens is 413 g/mol. The highest BCUT2D eigenvalue weighted by molar-refractivity contribution is 6.31. The Hall–Kier alpha value is -3.25. The van der Waals surface area contributed by atoms with Crippen molar-refractivity contribution in [2.45, 2.75) is 6.61 Å². The van der Waals surface area contributed by atoms with Crippen LogP contribution in [0.1, 0.15) is 16.7 Å². The van der Waals surface area contributed by atoms with Gasteiger partial charge in [0, 0.05) is 15.6 Å². The van der Waals surface area contributed by atoms with Gasteiger partial charge in [0.15, 0.2) is 0 Å². The van der Waals surface area contributed by atoms with Crippen LogP contribution in [0.5, 0.6) is 5.75 Å². The largest absolute Gasteiger partial charge is 0.488 e. The van der Waals surface area contributed by atoms with Gasteiger partial charge in [-0.15, -0.1) is 0 Å². The van der Waals surface area contributed by atoms with E-state index >= 15 is 0 Å². The summed E-state index contributed by atoms with van der Waals surface area (Å²) in [6, 6.07) is 29.2. The lowest BCUT2D eigenvalue weighted by Gasteiger charge is -2.13. The molecule has 0 radical (unpaired) electrons.